The fourth-order valence-electron chi connectivity index (χ4n) is 9.29. The van der Waals surface area contributed by atoms with Crippen molar-refractivity contribution in [3.05, 3.63) is 65.3 Å². The maximum atomic E-state index is 13.6. The van der Waals surface area contributed by atoms with Crippen LogP contribution in [0.5, 0.6) is 0 Å². The number of Topliss-reactive ketones (excluding diaryl/α,β-unsaturated/α-hetero) is 1. The van der Waals surface area contributed by atoms with Gasteiger partial charge in [0.25, 0.3) is 0 Å². The van der Waals surface area contributed by atoms with Crippen molar-refractivity contribution in [3.63, 3.8) is 0 Å². The molecule has 244 valence electrons. The number of hydrogen-bond acceptors (Lipinski definition) is 7. The molecule has 7 rings (SSSR count). The van der Waals surface area contributed by atoms with E-state index in [0.29, 0.717) is 36.7 Å². The van der Waals surface area contributed by atoms with Crippen molar-refractivity contribution in [2.45, 2.75) is 94.9 Å². The van der Waals surface area contributed by atoms with Crippen LogP contribution in [-0.2, 0) is 25.6 Å². The van der Waals surface area contributed by atoms with Crippen LogP contribution in [0.15, 0.2) is 52.4 Å². The number of esters is 1. The van der Waals surface area contributed by atoms with E-state index in [1.807, 2.05) is 34.5 Å². The van der Waals surface area contributed by atoms with Crippen molar-refractivity contribution in [1.82, 2.24) is 4.98 Å². The Balaban J connectivity index is 1.03. The second-order valence-electron chi connectivity index (χ2n) is 14.2. The molecule has 2 aromatic heterocycles. The molecule has 6 nitrogen and oxygen atoms in total. The zero-order chi connectivity index (χ0) is 32.4. The van der Waals surface area contributed by atoms with E-state index < -0.39 is 17.0 Å². The molecule has 10 heteroatoms. The quantitative estimate of drug-likeness (QED) is 0.108. The third kappa shape index (κ3) is 5.32. The van der Waals surface area contributed by atoms with Gasteiger partial charge < -0.3 is 9.47 Å². The summed E-state index contributed by atoms with van der Waals surface area (Å²) in [5, 5.41) is 1.96. The Morgan fingerprint density at radius 3 is 2.63 bits per heavy atom. The molecular formula is C36H41F2N2O4S2+. The maximum Gasteiger partial charge on any atom is 0.316 e. The highest BCUT2D eigenvalue weighted by Crippen LogP contribution is 2.70. The summed E-state index contributed by atoms with van der Waals surface area (Å²) in [5.41, 5.74) is 1.44. The molecule has 2 bridgehead atoms. The third-order valence-corrected chi connectivity index (χ3v) is 14.0. The van der Waals surface area contributed by atoms with Gasteiger partial charge in [-0.2, -0.15) is 0 Å². The predicted molar refractivity (Wildman–Crippen MR) is 172 cm³/mol. The number of carbonyl (C=O) groups is 2. The summed E-state index contributed by atoms with van der Waals surface area (Å²) < 4.78 is 42.7. The topological polar surface area (TPSA) is 72.7 Å². The average Bonchev–Trinajstić information content (AvgIpc) is 3.33. The standard InChI is InChI=1S/C36H41F2N2O4S2/c1-5-36-17-29(34(4)21(2)6-10-35(22(3)32(36)44-36)11-7-28(41)31(34)35)43-30(42)20-46-33-39-27(19-45-33)24-8-12-40(13-9-24)18-23-14-25(37)16-26(38)15-23/h8-9,12-16,19,21-22,29,31-32H,5-7,10-11,17-18,20H2,1-4H3/q+1/t21-,22+,29-,31+,32+,34+,35+,36+/m1/s1. The Hall–Kier alpha value is -2.69. The minimum Gasteiger partial charge on any atom is -0.461 e. The number of fused-ring (bicyclic) bond motifs is 1. The van der Waals surface area contributed by atoms with Crippen molar-refractivity contribution in [3.8, 4) is 11.3 Å². The SMILES string of the molecule is CC[C@]12C[C@@H](OC(=O)CSc3nc(-c4cc[n+](Cc5cc(F)cc(F)c5)cc4)cs3)[C@]3(C)[C@H](C)CC[C@]4(CCC(=O)[C@H]43)[C@@H](C)[C@@H]1O2. The summed E-state index contributed by atoms with van der Waals surface area (Å²) >= 11 is 2.84. The lowest BCUT2D eigenvalue weighted by atomic mass is 9.45. The van der Waals surface area contributed by atoms with Gasteiger partial charge in [0.1, 0.15) is 23.5 Å². The first kappa shape index (κ1) is 31.9. The average molecular weight is 668 g/mol. The molecule has 1 saturated heterocycles. The molecule has 46 heavy (non-hydrogen) atoms. The first-order valence-electron chi connectivity index (χ1n) is 16.4. The van der Waals surface area contributed by atoms with Crippen molar-refractivity contribution in [1.29, 1.82) is 0 Å². The molecule has 3 aromatic rings. The second kappa shape index (κ2) is 11.8. The Morgan fingerprint density at radius 1 is 1.17 bits per heavy atom. The number of halogens is 2. The van der Waals surface area contributed by atoms with E-state index in [9.17, 15) is 18.4 Å². The van der Waals surface area contributed by atoms with Crippen LogP contribution >= 0.6 is 23.1 Å². The number of thioether (sulfide) groups is 1. The van der Waals surface area contributed by atoms with Crippen LogP contribution in [0.3, 0.4) is 0 Å². The van der Waals surface area contributed by atoms with E-state index in [4.69, 9.17) is 14.5 Å². The van der Waals surface area contributed by atoms with Crippen LogP contribution < -0.4 is 4.57 Å². The molecular weight excluding hydrogens is 627 g/mol. The highest BCUT2D eigenvalue weighted by molar-refractivity contribution is 8.01. The number of aromatic nitrogens is 2. The van der Waals surface area contributed by atoms with Gasteiger partial charge in [-0.1, -0.05) is 39.5 Å². The summed E-state index contributed by atoms with van der Waals surface area (Å²) in [7, 11) is 0. The molecule has 8 atom stereocenters. The number of nitrogens with zero attached hydrogens (tertiary/aromatic N) is 2. The summed E-state index contributed by atoms with van der Waals surface area (Å²) in [6, 6.07) is 7.34. The molecule has 0 amide bonds. The number of ketones is 1. The monoisotopic (exact) mass is 667 g/mol. The van der Waals surface area contributed by atoms with E-state index in [-0.39, 0.29) is 46.8 Å². The molecule has 3 saturated carbocycles. The highest BCUT2D eigenvalue weighted by atomic mass is 32.2. The van der Waals surface area contributed by atoms with Crippen LogP contribution in [0.2, 0.25) is 0 Å². The van der Waals surface area contributed by atoms with Crippen molar-refractivity contribution in [2.24, 2.45) is 28.6 Å². The molecule has 4 fully saturated rings. The summed E-state index contributed by atoms with van der Waals surface area (Å²) in [6.07, 6.45) is 8.54. The van der Waals surface area contributed by atoms with Gasteiger partial charge in [-0.25, -0.2) is 18.3 Å². The van der Waals surface area contributed by atoms with Crippen molar-refractivity contribution < 1.29 is 32.4 Å². The van der Waals surface area contributed by atoms with Crippen LogP contribution in [0, 0.1) is 40.2 Å². The second-order valence-corrected chi connectivity index (χ2v) is 16.3. The Bertz CT molecular complexity index is 1650. The van der Waals surface area contributed by atoms with Crippen LogP contribution in [0.4, 0.5) is 8.78 Å². The molecule has 3 heterocycles. The molecule has 0 unspecified atom stereocenters. The van der Waals surface area contributed by atoms with Gasteiger partial charge in [0.15, 0.2) is 23.3 Å². The number of epoxide rings is 1. The predicted octanol–water partition coefficient (Wildman–Crippen LogP) is 7.42. The minimum absolute atomic E-state index is 0.0782. The van der Waals surface area contributed by atoms with Gasteiger partial charge >= 0.3 is 5.97 Å². The number of benzene rings is 1. The molecule has 0 radical (unpaired) electrons. The number of pyridine rings is 1. The lowest BCUT2D eigenvalue weighted by molar-refractivity contribution is -0.688. The highest BCUT2D eigenvalue weighted by Gasteiger charge is 2.73. The summed E-state index contributed by atoms with van der Waals surface area (Å²) in [5.74, 6) is -0.533. The van der Waals surface area contributed by atoms with Crippen LogP contribution in [0.25, 0.3) is 11.3 Å². The fraction of sp³-hybridized carbons (Fsp3) is 0.556. The first-order chi connectivity index (χ1) is 22.0. The van der Waals surface area contributed by atoms with Crippen molar-refractivity contribution >= 4 is 34.9 Å². The molecule has 1 aromatic carbocycles. The van der Waals surface area contributed by atoms with Gasteiger partial charge in [0.05, 0.1) is 23.2 Å². The fourth-order valence-corrected chi connectivity index (χ4v) is 10.9. The lowest BCUT2D eigenvalue weighted by Crippen LogP contribution is -2.60. The van der Waals surface area contributed by atoms with Crippen LogP contribution in [0.1, 0.15) is 71.8 Å². The van der Waals surface area contributed by atoms with Gasteiger partial charge in [0, 0.05) is 58.9 Å². The number of hydrogen-bond donors (Lipinski definition) is 0. The minimum atomic E-state index is -0.595. The molecule has 0 N–H and O–H groups in total. The van der Waals surface area contributed by atoms with E-state index in [1.165, 1.54) is 35.2 Å². The Kier molecular flexibility index (Phi) is 8.16. The molecule has 4 aliphatic rings. The van der Waals surface area contributed by atoms with Gasteiger partial charge in [0.2, 0.25) is 0 Å². The van der Waals surface area contributed by atoms with E-state index >= 15 is 0 Å². The largest absolute Gasteiger partial charge is 0.461 e. The number of ether oxygens (including phenoxy) is 2. The van der Waals surface area contributed by atoms with Crippen molar-refractivity contribution in [2.75, 3.05) is 5.75 Å². The Morgan fingerprint density at radius 2 is 1.91 bits per heavy atom. The van der Waals surface area contributed by atoms with Crippen LogP contribution in [-0.4, -0.2) is 40.3 Å². The summed E-state index contributed by atoms with van der Waals surface area (Å²) in [6.45, 7) is 9.27. The van der Waals surface area contributed by atoms with E-state index in [1.54, 1.807) is 0 Å². The number of carbonyl (C=O) groups excluding carboxylic acids is 2. The van der Waals surface area contributed by atoms with Gasteiger partial charge in [-0.15, -0.1) is 11.3 Å². The molecule has 1 aliphatic heterocycles. The van der Waals surface area contributed by atoms with Gasteiger partial charge in [-0.05, 0) is 55.1 Å². The number of rotatable bonds is 8. The normalized spacial score (nSPS) is 34.7. The third-order valence-electron chi connectivity index (χ3n) is 12.0. The van der Waals surface area contributed by atoms with E-state index in [2.05, 4.69) is 27.7 Å². The smallest absolute Gasteiger partial charge is 0.316 e. The maximum absolute atomic E-state index is 13.6. The van der Waals surface area contributed by atoms with E-state index in [0.717, 1.165) is 47.3 Å². The number of thiazole rings is 1. The first-order valence-corrected chi connectivity index (χ1v) is 18.3. The summed E-state index contributed by atoms with van der Waals surface area (Å²) in [4.78, 5) is 31.9. The molecule has 0 spiro atoms. The molecule has 3 aliphatic carbocycles. The lowest BCUT2D eigenvalue weighted by Gasteiger charge is -2.58. The Labute approximate surface area is 277 Å². The zero-order valence-electron chi connectivity index (χ0n) is 26.8. The zero-order valence-corrected chi connectivity index (χ0v) is 28.4. The van der Waals surface area contributed by atoms with Gasteiger partial charge in [-0.3, -0.25) is 9.59 Å².